The number of benzene rings is 1. The highest BCUT2D eigenvalue weighted by molar-refractivity contribution is 5.94. The number of aliphatic hydroxyl groups excluding tert-OH is 1. The second-order valence-corrected chi connectivity index (χ2v) is 6.36. The summed E-state index contributed by atoms with van der Waals surface area (Å²) < 4.78 is 5.02. The van der Waals surface area contributed by atoms with Gasteiger partial charge in [0.15, 0.2) is 0 Å². The van der Waals surface area contributed by atoms with Gasteiger partial charge >= 0.3 is 0 Å². The van der Waals surface area contributed by atoms with E-state index in [4.69, 9.17) is 4.74 Å². The molecule has 5 heteroatoms. The molecule has 0 radical (unpaired) electrons. The number of pyridine rings is 1. The highest BCUT2D eigenvalue weighted by Crippen LogP contribution is 2.18. The molecule has 0 unspecified atom stereocenters. The number of ether oxygens (including phenoxy) is 1. The minimum Gasteiger partial charge on any atom is -0.481 e. The van der Waals surface area contributed by atoms with E-state index in [1.165, 1.54) is 0 Å². The highest BCUT2D eigenvalue weighted by atomic mass is 16.5. The van der Waals surface area contributed by atoms with Crippen LogP contribution in [0.4, 0.5) is 0 Å². The third-order valence-corrected chi connectivity index (χ3v) is 4.49. The second kappa shape index (κ2) is 8.50. The summed E-state index contributed by atoms with van der Waals surface area (Å²) in [4.78, 5) is 18.5. The van der Waals surface area contributed by atoms with Gasteiger partial charge in [-0.2, -0.15) is 0 Å². The van der Waals surface area contributed by atoms with Crippen LogP contribution < -0.4 is 4.74 Å². The van der Waals surface area contributed by atoms with E-state index >= 15 is 0 Å². The normalized spacial score (nSPS) is 16.5. The summed E-state index contributed by atoms with van der Waals surface area (Å²) in [5.41, 5.74) is 2.29. The average Bonchev–Trinajstić information content (AvgIpc) is 2.72. The van der Waals surface area contributed by atoms with Crippen LogP contribution in [-0.2, 0) is 0 Å². The zero-order valence-electron chi connectivity index (χ0n) is 14.8. The number of carbonyl (C=O) groups is 1. The van der Waals surface area contributed by atoms with Crippen LogP contribution in [0.5, 0.6) is 5.88 Å². The van der Waals surface area contributed by atoms with Crippen LogP contribution in [0.15, 0.2) is 42.6 Å². The van der Waals surface area contributed by atoms with Crippen LogP contribution in [0.1, 0.15) is 34.3 Å². The molecule has 0 bridgehead atoms. The Morgan fingerprint density at radius 2 is 1.96 bits per heavy atom. The number of likely N-dealkylation sites (tertiary alicyclic amines) is 1. The van der Waals surface area contributed by atoms with E-state index in [-0.39, 0.29) is 18.4 Å². The van der Waals surface area contributed by atoms with E-state index in [9.17, 15) is 9.90 Å². The number of piperidine rings is 1. The Morgan fingerprint density at radius 1 is 1.23 bits per heavy atom. The monoisotopic (exact) mass is 350 g/mol. The summed E-state index contributed by atoms with van der Waals surface area (Å²) in [5.74, 6) is 6.88. The number of amides is 1. The van der Waals surface area contributed by atoms with Crippen molar-refractivity contribution in [1.82, 2.24) is 9.88 Å². The molecule has 1 fully saturated rings. The van der Waals surface area contributed by atoms with Crippen LogP contribution in [0.25, 0.3) is 0 Å². The van der Waals surface area contributed by atoms with Crippen molar-refractivity contribution in [3.8, 4) is 17.7 Å². The Kier molecular flexibility index (Phi) is 5.88. The van der Waals surface area contributed by atoms with Gasteiger partial charge in [0.05, 0.1) is 7.11 Å². The topological polar surface area (TPSA) is 62.7 Å². The Labute approximate surface area is 153 Å². The van der Waals surface area contributed by atoms with Crippen molar-refractivity contribution in [1.29, 1.82) is 0 Å². The van der Waals surface area contributed by atoms with E-state index in [1.807, 2.05) is 23.1 Å². The van der Waals surface area contributed by atoms with Crippen molar-refractivity contribution in [2.75, 3.05) is 26.8 Å². The molecule has 1 aliphatic heterocycles. The Morgan fingerprint density at radius 3 is 2.62 bits per heavy atom. The lowest BCUT2D eigenvalue weighted by molar-refractivity contribution is 0.0620. The Bertz CT molecular complexity index is 804. The molecule has 0 aliphatic carbocycles. The van der Waals surface area contributed by atoms with Crippen molar-refractivity contribution in [2.45, 2.75) is 12.8 Å². The molecule has 1 amide bonds. The number of hydrogen-bond acceptors (Lipinski definition) is 4. The first-order chi connectivity index (χ1) is 12.7. The molecule has 1 atom stereocenters. The maximum atomic E-state index is 12.6. The summed E-state index contributed by atoms with van der Waals surface area (Å²) in [6.45, 7) is 1.52. The zero-order valence-corrected chi connectivity index (χ0v) is 14.8. The van der Waals surface area contributed by atoms with Crippen LogP contribution in [0, 0.1) is 17.8 Å². The lowest BCUT2D eigenvalue weighted by atomic mass is 9.98. The zero-order chi connectivity index (χ0) is 18.4. The fourth-order valence-corrected chi connectivity index (χ4v) is 3.00. The molecule has 134 valence electrons. The first kappa shape index (κ1) is 18.0. The van der Waals surface area contributed by atoms with E-state index in [0.717, 1.165) is 30.5 Å². The summed E-state index contributed by atoms with van der Waals surface area (Å²) in [5, 5.41) is 9.32. The van der Waals surface area contributed by atoms with Gasteiger partial charge in [0.2, 0.25) is 5.88 Å². The Hall–Kier alpha value is -2.84. The molecule has 26 heavy (non-hydrogen) atoms. The minimum atomic E-state index is 0.0158. The highest BCUT2D eigenvalue weighted by Gasteiger charge is 2.23. The quantitative estimate of drug-likeness (QED) is 0.863. The van der Waals surface area contributed by atoms with Crippen LogP contribution in [0.3, 0.4) is 0 Å². The molecular weight excluding hydrogens is 328 g/mol. The van der Waals surface area contributed by atoms with Crippen molar-refractivity contribution in [3.63, 3.8) is 0 Å². The van der Waals surface area contributed by atoms with Crippen molar-refractivity contribution < 1.29 is 14.6 Å². The summed E-state index contributed by atoms with van der Waals surface area (Å²) in [7, 11) is 1.57. The standard InChI is InChI=1S/C21H22N2O3/c1-26-20-11-8-17(13-22-20)5-4-16-6-9-19(10-7-16)21(25)23-12-2-3-18(14-23)15-24/h6-11,13,18,24H,2-3,12,14-15H2,1H3/t18-/m1/s1. The van der Waals surface area contributed by atoms with E-state index in [2.05, 4.69) is 16.8 Å². The maximum absolute atomic E-state index is 12.6. The molecule has 1 aromatic carbocycles. The predicted molar refractivity (Wildman–Crippen MR) is 98.9 cm³/mol. The molecule has 1 aromatic heterocycles. The number of aromatic nitrogens is 1. The Balaban J connectivity index is 1.66. The van der Waals surface area contributed by atoms with Gasteiger partial charge in [-0.1, -0.05) is 11.8 Å². The van der Waals surface area contributed by atoms with Gasteiger partial charge in [-0.25, -0.2) is 4.98 Å². The fraction of sp³-hybridized carbons (Fsp3) is 0.333. The average molecular weight is 350 g/mol. The third kappa shape index (κ3) is 4.41. The molecule has 2 heterocycles. The van der Waals surface area contributed by atoms with E-state index in [1.54, 1.807) is 31.5 Å². The molecule has 5 nitrogen and oxygen atoms in total. The fourth-order valence-electron chi connectivity index (χ4n) is 3.00. The van der Waals surface area contributed by atoms with Gasteiger partial charge in [-0.05, 0) is 49.1 Å². The molecule has 1 N–H and O–H groups in total. The molecule has 0 saturated carbocycles. The summed E-state index contributed by atoms with van der Waals surface area (Å²) >= 11 is 0. The van der Waals surface area contributed by atoms with Gasteiger partial charge in [0, 0.05) is 48.6 Å². The number of carbonyl (C=O) groups excluding carboxylic acids is 1. The van der Waals surface area contributed by atoms with Gasteiger partial charge in [-0.3, -0.25) is 4.79 Å². The molecule has 2 aromatic rings. The van der Waals surface area contributed by atoms with Crippen molar-refractivity contribution in [3.05, 3.63) is 59.3 Å². The minimum absolute atomic E-state index is 0.0158. The van der Waals surface area contributed by atoms with Gasteiger partial charge in [0.1, 0.15) is 0 Å². The SMILES string of the molecule is COc1ccc(C#Cc2ccc(C(=O)N3CCC[C@@H](CO)C3)cc2)cn1. The van der Waals surface area contributed by atoms with Crippen molar-refractivity contribution in [2.24, 2.45) is 5.92 Å². The smallest absolute Gasteiger partial charge is 0.253 e. The summed E-state index contributed by atoms with van der Waals surface area (Å²) in [6.07, 6.45) is 3.59. The number of hydrogen-bond donors (Lipinski definition) is 1. The maximum Gasteiger partial charge on any atom is 0.253 e. The number of rotatable bonds is 3. The molecule has 3 rings (SSSR count). The molecule has 1 saturated heterocycles. The number of nitrogens with zero attached hydrogens (tertiary/aromatic N) is 2. The molecular formula is C21H22N2O3. The lowest BCUT2D eigenvalue weighted by Gasteiger charge is -2.31. The van der Waals surface area contributed by atoms with Gasteiger partial charge in [-0.15, -0.1) is 0 Å². The van der Waals surface area contributed by atoms with Crippen LogP contribution >= 0.6 is 0 Å². The van der Waals surface area contributed by atoms with E-state index in [0.29, 0.717) is 18.0 Å². The van der Waals surface area contributed by atoms with Crippen LogP contribution in [0.2, 0.25) is 0 Å². The predicted octanol–water partition coefficient (Wildman–Crippen LogP) is 2.33. The molecule has 0 spiro atoms. The second-order valence-electron chi connectivity index (χ2n) is 6.36. The van der Waals surface area contributed by atoms with Crippen molar-refractivity contribution >= 4 is 5.91 Å². The van der Waals surface area contributed by atoms with E-state index < -0.39 is 0 Å². The number of methoxy groups -OCH3 is 1. The third-order valence-electron chi connectivity index (χ3n) is 4.49. The largest absolute Gasteiger partial charge is 0.481 e. The lowest BCUT2D eigenvalue weighted by Crippen LogP contribution is -2.40. The first-order valence-electron chi connectivity index (χ1n) is 8.72. The van der Waals surface area contributed by atoms with Gasteiger partial charge in [0.25, 0.3) is 5.91 Å². The van der Waals surface area contributed by atoms with Crippen LogP contribution in [-0.4, -0.2) is 47.7 Å². The van der Waals surface area contributed by atoms with Gasteiger partial charge < -0.3 is 14.7 Å². The number of aliphatic hydroxyl groups is 1. The molecule has 1 aliphatic rings. The first-order valence-corrected chi connectivity index (χ1v) is 8.72. The summed E-state index contributed by atoms with van der Waals surface area (Å²) in [6, 6.07) is 10.9.